The highest BCUT2D eigenvalue weighted by molar-refractivity contribution is 6.00. The Morgan fingerprint density at radius 1 is 1.17 bits per heavy atom. The number of hydrogen-bond acceptors (Lipinski definition) is 7. The number of rotatable bonds is 6. The van der Waals surface area contributed by atoms with Gasteiger partial charge in [0.15, 0.2) is 12.3 Å². The van der Waals surface area contributed by atoms with Crippen LogP contribution >= 0.6 is 0 Å². The van der Waals surface area contributed by atoms with E-state index < -0.39 is 11.6 Å². The lowest BCUT2D eigenvalue weighted by Crippen LogP contribution is -2.38. The van der Waals surface area contributed by atoms with Crippen LogP contribution in [0.25, 0.3) is 22.2 Å². The molecule has 4 aromatic rings. The molecule has 6 rings (SSSR count). The molecule has 0 saturated carbocycles. The molecule has 11 heteroatoms. The number of fused-ring (bicyclic) bond motifs is 2. The molecule has 0 aliphatic carbocycles. The summed E-state index contributed by atoms with van der Waals surface area (Å²) < 4.78 is 35.6. The molecule has 1 N–H and O–H groups in total. The highest BCUT2D eigenvalue weighted by atomic mass is 19.1. The quantitative estimate of drug-likeness (QED) is 0.366. The molecule has 2 aliphatic heterocycles. The predicted octanol–water partition coefficient (Wildman–Crippen LogP) is 4.69. The van der Waals surface area contributed by atoms with E-state index in [9.17, 15) is 18.8 Å². The first-order valence-corrected chi connectivity index (χ1v) is 13.7. The normalized spacial score (nSPS) is 15.7. The number of benzene rings is 1. The minimum absolute atomic E-state index is 0.0528. The lowest BCUT2D eigenvalue weighted by molar-refractivity contribution is -0.121. The van der Waals surface area contributed by atoms with Crippen LogP contribution in [0.3, 0.4) is 0 Å². The molecule has 5 heterocycles. The van der Waals surface area contributed by atoms with Crippen molar-refractivity contribution >= 4 is 22.6 Å². The van der Waals surface area contributed by atoms with Gasteiger partial charge in [0.2, 0.25) is 0 Å². The van der Waals surface area contributed by atoms with Crippen LogP contribution < -0.4 is 15.0 Å². The number of anilines is 1. The first-order valence-electron chi connectivity index (χ1n) is 13.7. The fraction of sp³-hybridized carbons (Fsp3) is 0.367. The topological polar surface area (TPSA) is 109 Å². The minimum atomic E-state index is -0.830. The zero-order valence-electron chi connectivity index (χ0n) is 22.8. The number of carbonyl (C=O) groups excluding carboxylic acids is 1. The molecule has 2 aliphatic rings. The van der Waals surface area contributed by atoms with Crippen molar-refractivity contribution in [2.24, 2.45) is 5.92 Å². The van der Waals surface area contributed by atoms with Crippen LogP contribution in [0.4, 0.5) is 14.5 Å². The molecule has 0 unspecified atom stereocenters. The molecule has 0 atom stereocenters. The molecule has 1 amide bonds. The molecular formula is C30H29F2N7O2. The Hall–Kier alpha value is -4.43. The molecule has 9 nitrogen and oxygen atoms in total. The Morgan fingerprint density at radius 3 is 2.71 bits per heavy atom. The monoisotopic (exact) mass is 557 g/mol. The lowest BCUT2D eigenvalue weighted by atomic mass is 9.93. The highest BCUT2D eigenvalue weighted by Gasteiger charge is 2.29. The van der Waals surface area contributed by atoms with E-state index in [0.29, 0.717) is 29.1 Å². The van der Waals surface area contributed by atoms with Gasteiger partial charge in [0.05, 0.1) is 47.6 Å². The first-order chi connectivity index (χ1) is 19.8. The van der Waals surface area contributed by atoms with Gasteiger partial charge in [0, 0.05) is 17.0 Å². The SMILES string of the molecule is CC(C)Cc1nc2c(cnn2C2CCNCC2)c(-c2ccc3c(c2)OCC(=O)N3Cc2ncc(F)cc2F)c1C#N. The van der Waals surface area contributed by atoms with Crippen LogP contribution in [0.1, 0.15) is 49.7 Å². The molecule has 1 saturated heterocycles. The maximum atomic E-state index is 14.4. The van der Waals surface area contributed by atoms with Crippen molar-refractivity contribution in [1.82, 2.24) is 25.1 Å². The summed E-state index contributed by atoms with van der Waals surface area (Å²) >= 11 is 0. The van der Waals surface area contributed by atoms with Gasteiger partial charge in [0.1, 0.15) is 23.5 Å². The van der Waals surface area contributed by atoms with Crippen molar-refractivity contribution in [1.29, 1.82) is 5.26 Å². The number of piperidine rings is 1. The Balaban J connectivity index is 1.47. The standard InChI is InChI=1S/C30H29F2N7O2/c1-17(2)9-24-21(12-33)29(22-14-36-39(30(22)37-24)20-5-7-34-8-6-20)18-3-4-26-27(10-18)41-16-28(40)38(26)15-25-23(32)11-19(31)13-35-25/h3-4,10-11,13-14,17,20,34H,5-9,15-16H2,1-2H3. The summed E-state index contributed by atoms with van der Waals surface area (Å²) in [4.78, 5) is 23.0. The summed E-state index contributed by atoms with van der Waals surface area (Å²) in [6.07, 6.45) is 5.20. The molecule has 41 heavy (non-hydrogen) atoms. The van der Waals surface area contributed by atoms with Crippen molar-refractivity contribution in [2.45, 2.75) is 45.7 Å². The van der Waals surface area contributed by atoms with Gasteiger partial charge >= 0.3 is 0 Å². The molecule has 1 aromatic carbocycles. The van der Waals surface area contributed by atoms with Crippen LogP contribution in [0, 0.1) is 28.9 Å². The summed E-state index contributed by atoms with van der Waals surface area (Å²) in [5.41, 5.74) is 3.77. The average molecular weight is 558 g/mol. The minimum Gasteiger partial charge on any atom is -0.482 e. The predicted molar refractivity (Wildman–Crippen MR) is 148 cm³/mol. The van der Waals surface area contributed by atoms with Crippen LogP contribution in [0.15, 0.2) is 36.7 Å². The van der Waals surface area contributed by atoms with Gasteiger partial charge in [-0.3, -0.25) is 14.7 Å². The van der Waals surface area contributed by atoms with Gasteiger partial charge in [-0.1, -0.05) is 19.9 Å². The number of ether oxygens (including phenoxy) is 1. The van der Waals surface area contributed by atoms with Crippen molar-refractivity contribution in [3.8, 4) is 22.9 Å². The summed E-state index contributed by atoms with van der Waals surface area (Å²) in [5.74, 6) is -1.30. The van der Waals surface area contributed by atoms with Gasteiger partial charge in [-0.2, -0.15) is 10.4 Å². The van der Waals surface area contributed by atoms with Gasteiger partial charge in [-0.05, 0) is 56.0 Å². The number of nitrogens with one attached hydrogen (secondary N) is 1. The van der Waals surface area contributed by atoms with Crippen molar-refractivity contribution in [3.05, 3.63) is 65.2 Å². The first kappa shape index (κ1) is 26.8. The molecule has 1 fully saturated rings. The Bertz CT molecular complexity index is 1690. The summed E-state index contributed by atoms with van der Waals surface area (Å²) in [6, 6.07) is 8.67. The van der Waals surface area contributed by atoms with Gasteiger partial charge in [-0.15, -0.1) is 0 Å². The number of halogens is 2. The molecule has 210 valence electrons. The van der Waals surface area contributed by atoms with E-state index in [1.807, 2.05) is 10.7 Å². The number of nitrogens with zero attached hydrogens (tertiary/aromatic N) is 6. The van der Waals surface area contributed by atoms with E-state index in [1.165, 1.54) is 4.90 Å². The largest absolute Gasteiger partial charge is 0.482 e. The van der Waals surface area contributed by atoms with E-state index in [0.717, 1.165) is 60.4 Å². The third-order valence-electron chi connectivity index (χ3n) is 7.57. The third kappa shape index (κ3) is 5.00. The summed E-state index contributed by atoms with van der Waals surface area (Å²) in [7, 11) is 0. The Morgan fingerprint density at radius 2 is 1.98 bits per heavy atom. The summed E-state index contributed by atoms with van der Waals surface area (Å²) in [6.45, 7) is 5.57. The van der Waals surface area contributed by atoms with E-state index >= 15 is 0 Å². The fourth-order valence-electron chi connectivity index (χ4n) is 5.62. The number of hydrogen-bond donors (Lipinski definition) is 1. The Kier molecular flexibility index (Phi) is 7.09. The van der Waals surface area contributed by atoms with E-state index in [4.69, 9.17) is 14.8 Å². The zero-order valence-corrected chi connectivity index (χ0v) is 22.8. The smallest absolute Gasteiger partial charge is 0.265 e. The highest BCUT2D eigenvalue weighted by Crippen LogP contribution is 2.41. The lowest BCUT2D eigenvalue weighted by Gasteiger charge is -2.29. The second-order valence-electron chi connectivity index (χ2n) is 10.9. The van der Waals surface area contributed by atoms with Crippen LogP contribution in [-0.4, -0.2) is 45.4 Å². The average Bonchev–Trinajstić information content (AvgIpc) is 3.38. The number of nitriles is 1. The molecule has 3 aromatic heterocycles. The fourth-order valence-corrected chi connectivity index (χ4v) is 5.62. The van der Waals surface area contributed by atoms with Crippen molar-refractivity contribution < 1.29 is 18.3 Å². The third-order valence-corrected chi connectivity index (χ3v) is 7.57. The van der Waals surface area contributed by atoms with Crippen molar-refractivity contribution in [2.75, 3.05) is 24.6 Å². The number of pyridine rings is 2. The molecular weight excluding hydrogens is 528 g/mol. The van der Waals surface area contributed by atoms with Gasteiger partial charge in [0.25, 0.3) is 5.91 Å². The van der Waals surface area contributed by atoms with E-state index in [2.05, 4.69) is 30.2 Å². The zero-order chi connectivity index (χ0) is 28.7. The number of carbonyl (C=O) groups is 1. The van der Waals surface area contributed by atoms with Crippen molar-refractivity contribution in [3.63, 3.8) is 0 Å². The van der Waals surface area contributed by atoms with Crippen LogP contribution in [0.5, 0.6) is 5.75 Å². The number of amides is 1. The van der Waals surface area contributed by atoms with E-state index in [1.54, 1.807) is 18.3 Å². The van der Waals surface area contributed by atoms with Crippen LogP contribution in [-0.2, 0) is 17.8 Å². The molecule has 0 radical (unpaired) electrons. The summed E-state index contributed by atoms with van der Waals surface area (Å²) in [5, 5.41) is 19.2. The van der Waals surface area contributed by atoms with E-state index in [-0.39, 0.29) is 36.7 Å². The van der Waals surface area contributed by atoms with Crippen LogP contribution in [0.2, 0.25) is 0 Å². The van der Waals surface area contributed by atoms with Gasteiger partial charge < -0.3 is 10.1 Å². The van der Waals surface area contributed by atoms with Gasteiger partial charge in [-0.25, -0.2) is 18.4 Å². The second kappa shape index (κ2) is 10.9. The maximum absolute atomic E-state index is 14.4. The Labute approximate surface area is 235 Å². The number of aromatic nitrogens is 4. The second-order valence-corrected chi connectivity index (χ2v) is 10.9. The molecule has 0 spiro atoms. The maximum Gasteiger partial charge on any atom is 0.265 e. The molecule has 0 bridgehead atoms.